The first-order chi connectivity index (χ1) is 7.87. The van der Waals surface area contributed by atoms with Gasteiger partial charge in [-0.25, -0.2) is 4.79 Å². The van der Waals surface area contributed by atoms with Crippen molar-refractivity contribution in [2.24, 2.45) is 0 Å². The van der Waals surface area contributed by atoms with Crippen molar-refractivity contribution < 1.29 is 9.53 Å². The summed E-state index contributed by atoms with van der Waals surface area (Å²) in [5.41, 5.74) is 5.96. The van der Waals surface area contributed by atoms with Gasteiger partial charge in [0.05, 0.1) is 5.56 Å². The van der Waals surface area contributed by atoms with E-state index in [1.165, 1.54) is 35.5 Å². The number of nitrogen functional groups attached to an aromatic ring is 1. The normalized spacial score (nSPS) is 16.6. The molecule has 2 rings (SSSR count). The summed E-state index contributed by atoms with van der Waals surface area (Å²) in [6.07, 6.45) is 3.71. The third kappa shape index (κ3) is 2.80. The molecule has 3 nitrogen and oxygen atoms in total. The van der Waals surface area contributed by atoms with Gasteiger partial charge in [0, 0.05) is 4.88 Å². The second kappa shape index (κ2) is 4.33. The quantitative estimate of drug-likeness (QED) is 0.820. The fourth-order valence-corrected chi connectivity index (χ4v) is 2.90. The highest BCUT2D eigenvalue weighted by atomic mass is 32.1. The number of nitrogens with two attached hydrogens (primary N) is 1. The number of carbonyl (C=O) groups excluding carboxylic acids is 1. The first-order valence-electron chi connectivity index (χ1n) is 5.99. The van der Waals surface area contributed by atoms with Crippen LogP contribution in [0, 0.1) is 0 Å². The van der Waals surface area contributed by atoms with E-state index >= 15 is 0 Å². The Balaban J connectivity index is 2.15. The molecule has 0 saturated heterocycles. The average Bonchev–Trinajstić information content (AvgIpc) is 2.40. The largest absolute Gasteiger partial charge is 0.456 e. The van der Waals surface area contributed by atoms with Crippen molar-refractivity contribution in [2.45, 2.75) is 51.6 Å². The molecule has 0 aliphatic heterocycles. The zero-order chi connectivity index (χ0) is 12.6. The summed E-state index contributed by atoms with van der Waals surface area (Å²) < 4.78 is 5.34. The third-order valence-corrected chi connectivity index (χ3v) is 4.03. The van der Waals surface area contributed by atoms with E-state index in [4.69, 9.17) is 10.5 Å². The molecule has 2 N–H and O–H groups in total. The Morgan fingerprint density at radius 1 is 1.47 bits per heavy atom. The van der Waals surface area contributed by atoms with Gasteiger partial charge in [-0.3, -0.25) is 0 Å². The minimum Gasteiger partial charge on any atom is -0.456 e. The molecule has 1 saturated carbocycles. The van der Waals surface area contributed by atoms with E-state index in [0.717, 1.165) is 0 Å². The highest BCUT2D eigenvalue weighted by molar-refractivity contribution is 7.16. The van der Waals surface area contributed by atoms with Gasteiger partial charge in [-0.1, -0.05) is 6.42 Å². The van der Waals surface area contributed by atoms with Crippen LogP contribution in [0.3, 0.4) is 0 Å². The van der Waals surface area contributed by atoms with Crippen LogP contribution < -0.4 is 5.73 Å². The minimum absolute atomic E-state index is 0.308. The summed E-state index contributed by atoms with van der Waals surface area (Å²) in [7, 11) is 0. The first kappa shape index (κ1) is 12.4. The summed E-state index contributed by atoms with van der Waals surface area (Å²) >= 11 is 1.53. The van der Waals surface area contributed by atoms with Gasteiger partial charge >= 0.3 is 5.97 Å². The van der Waals surface area contributed by atoms with Crippen LogP contribution in [0.15, 0.2) is 6.07 Å². The Morgan fingerprint density at radius 3 is 2.59 bits per heavy atom. The predicted octanol–water partition coefficient (Wildman–Crippen LogP) is 3.55. The van der Waals surface area contributed by atoms with E-state index in [-0.39, 0.29) is 5.97 Å². The second-order valence-corrected chi connectivity index (χ2v) is 6.67. The van der Waals surface area contributed by atoms with Gasteiger partial charge in [-0.05, 0) is 45.6 Å². The molecule has 0 spiro atoms. The van der Waals surface area contributed by atoms with Crippen molar-refractivity contribution in [2.75, 3.05) is 5.73 Å². The fourth-order valence-electron chi connectivity index (χ4n) is 1.81. The Kier molecular flexibility index (Phi) is 3.17. The lowest BCUT2D eigenvalue weighted by Gasteiger charge is -2.23. The molecule has 94 valence electrons. The number of rotatable bonds is 2. The lowest BCUT2D eigenvalue weighted by molar-refractivity contribution is 0.00712. The SMILES string of the molecule is CC(C)(C)OC(=O)c1cc(C2CCC2)sc1N. The summed E-state index contributed by atoms with van der Waals surface area (Å²) in [6.45, 7) is 5.58. The van der Waals surface area contributed by atoms with Crippen molar-refractivity contribution in [3.8, 4) is 0 Å². The molecule has 1 aliphatic carbocycles. The van der Waals surface area contributed by atoms with Gasteiger partial charge in [0.1, 0.15) is 10.6 Å². The molecule has 0 amide bonds. The number of ether oxygens (including phenoxy) is 1. The van der Waals surface area contributed by atoms with Crippen molar-refractivity contribution >= 4 is 22.3 Å². The van der Waals surface area contributed by atoms with Gasteiger partial charge in [0.25, 0.3) is 0 Å². The van der Waals surface area contributed by atoms with Crippen LogP contribution >= 0.6 is 11.3 Å². The van der Waals surface area contributed by atoms with Crippen molar-refractivity contribution in [1.82, 2.24) is 0 Å². The van der Waals surface area contributed by atoms with E-state index in [1.54, 1.807) is 0 Å². The summed E-state index contributed by atoms with van der Waals surface area (Å²) in [6, 6.07) is 1.91. The lowest BCUT2D eigenvalue weighted by atomic mass is 9.84. The topological polar surface area (TPSA) is 52.3 Å². The van der Waals surface area contributed by atoms with Crippen LogP contribution in [0.2, 0.25) is 0 Å². The van der Waals surface area contributed by atoms with Crippen LogP contribution in [-0.2, 0) is 4.74 Å². The predicted molar refractivity (Wildman–Crippen MR) is 70.5 cm³/mol. The Labute approximate surface area is 106 Å². The first-order valence-corrected chi connectivity index (χ1v) is 6.81. The van der Waals surface area contributed by atoms with E-state index in [9.17, 15) is 4.79 Å². The molecule has 1 aromatic rings. The molecule has 17 heavy (non-hydrogen) atoms. The number of carbonyl (C=O) groups is 1. The summed E-state index contributed by atoms with van der Waals surface area (Å²) in [5.74, 6) is 0.301. The molecule has 1 aliphatic rings. The molecule has 4 heteroatoms. The van der Waals surface area contributed by atoms with Gasteiger partial charge in [-0.15, -0.1) is 11.3 Å². The van der Waals surface area contributed by atoms with Gasteiger partial charge in [-0.2, -0.15) is 0 Å². The molecule has 0 atom stereocenters. The maximum atomic E-state index is 11.9. The molecule has 0 radical (unpaired) electrons. The lowest BCUT2D eigenvalue weighted by Crippen LogP contribution is -2.24. The zero-order valence-corrected chi connectivity index (χ0v) is 11.4. The van der Waals surface area contributed by atoms with Crippen molar-refractivity contribution in [3.05, 3.63) is 16.5 Å². The Morgan fingerprint density at radius 2 is 2.12 bits per heavy atom. The Hall–Kier alpha value is -1.03. The number of esters is 1. The van der Waals surface area contributed by atoms with Gasteiger partial charge in [0.15, 0.2) is 0 Å². The number of hydrogen-bond acceptors (Lipinski definition) is 4. The van der Waals surface area contributed by atoms with E-state index < -0.39 is 5.60 Å². The van der Waals surface area contributed by atoms with Crippen molar-refractivity contribution in [3.63, 3.8) is 0 Å². The molecular formula is C13H19NO2S. The van der Waals surface area contributed by atoms with Crippen LogP contribution in [0.1, 0.15) is 61.2 Å². The van der Waals surface area contributed by atoms with Gasteiger partial charge < -0.3 is 10.5 Å². The monoisotopic (exact) mass is 253 g/mol. The Bertz CT molecular complexity index is 427. The molecule has 0 aromatic carbocycles. The molecule has 1 fully saturated rings. The maximum Gasteiger partial charge on any atom is 0.341 e. The molecule has 0 bridgehead atoms. The summed E-state index contributed by atoms with van der Waals surface area (Å²) in [4.78, 5) is 13.2. The van der Waals surface area contributed by atoms with E-state index in [2.05, 4.69) is 0 Å². The number of hydrogen-bond donors (Lipinski definition) is 1. The highest BCUT2D eigenvalue weighted by Gasteiger charge is 2.26. The minimum atomic E-state index is -0.470. The molecule has 1 heterocycles. The maximum absolute atomic E-state index is 11.9. The molecule has 1 aromatic heterocycles. The van der Waals surface area contributed by atoms with E-state index in [0.29, 0.717) is 16.5 Å². The fraction of sp³-hybridized carbons (Fsp3) is 0.615. The molecule has 0 unspecified atom stereocenters. The second-order valence-electron chi connectivity index (χ2n) is 5.56. The van der Waals surface area contributed by atoms with Crippen LogP contribution in [-0.4, -0.2) is 11.6 Å². The van der Waals surface area contributed by atoms with Gasteiger partial charge in [0.2, 0.25) is 0 Å². The smallest absolute Gasteiger partial charge is 0.341 e. The van der Waals surface area contributed by atoms with Crippen LogP contribution in [0.5, 0.6) is 0 Å². The number of thiophene rings is 1. The molecular weight excluding hydrogens is 234 g/mol. The van der Waals surface area contributed by atoms with Crippen LogP contribution in [0.25, 0.3) is 0 Å². The summed E-state index contributed by atoms with van der Waals surface area (Å²) in [5, 5.41) is 0.584. The standard InChI is InChI=1S/C13H19NO2S/c1-13(2,3)16-12(15)9-7-10(17-11(9)14)8-5-4-6-8/h7-8H,4-6,14H2,1-3H3. The highest BCUT2D eigenvalue weighted by Crippen LogP contribution is 2.42. The van der Waals surface area contributed by atoms with Crippen molar-refractivity contribution in [1.29, 1.82) is 0 Å². The average molecular weight is 253 g/mol. The zero-order valence-electron chi connectivity index (χ0n) is 10.6. The number of anilines is 1. The van der Waals surface area contributed by atoms with Crippen LogP contribution in [0.4, 0.5) is 5.00 Å². The third-order valence-electron chi connectivity index (χ3n) is 2.91. The van der Waals surface area contributed by atoms with E-state index in [1.807, 2.05) is 26.8 Å².